The molecule has 0 aliphatic rings. The third-order valence-electron chi connectivity index (χ3n) is 4.39. The molecule has 3 heterocycles. The first-order valence-corrected chi connectivity index (χ1v) is 10.0. The van der Waals surface area contributed by atoms with Crippen molar-refractivity contribution in [1.29, 1.82) is 0 Å². The van der Waals surface area contributed by atoms with Crippen LogP contribution in [-0.4, -0.2) is 32.2 Å². The fourth-order valence-corrected chi connectivity index (χ4v) is 4.51. The first-order valence-electron chi connectivity index (χ1n) is 8.26. The Kier molecular flexibility index (Phi) is 4.34. The van der Waals surface area contributed by atoms with Crippen molar-refractivity contribution in [2.75, 3.05) is 7.05 Å². The molecule has 0 aliphatic heterocycles. The van der Waals surface area contributed by atoms with E-state index < -0.39 is 0 Å². The average Bonchev–Trinajstić information content (AvgIpc) is 3.36. The number of hydrogen-bond donors (Lipinski definition) is 0. The third kappa shape index (κ3) is 2.93. The minimum Gasteiger partial charge on any atom is -0.331 e. The summed E-state index contributed by atoms with van der Waals surface area (Å²) in [6.45, 7) is 3.97. The van der Waals surface area contributed by atoms with E-state index in [0.29, 0.717) is 5.69 Å². The minimum atomic E-state index is -0.0757. The first kappa shape index (κ1) is 16.9. The summed E-state index contributed by atoms with van der Waals surface area (Å²) in [4.78, 5) is 24.8. The zero-order chi connectivity index (χ0) is 18.3. The highest BCUT2D eigenvalue weighted by Crippen LogP contribution is 2.27. The lowest BCUT2D eigenvalue weighted by Crippen LogP contribution is -2.30. The van der Waals surface area contributed by atoms with Gasteiger partial charge >= 0.3 is 0 Å². The van der Waals surface area contributed by atoms with Gasteiger partial charge in [-0.2, -0.15) is 0 Å². The molecule has 0 spiro atoms. The number of benzene rings is 1. The number of aryl methyl sites for hydroxylation is 1. The molecule has 7 heteroatoms. The Labute approximate surface area is 159 Å². The van der Waals surface area contributed by atoms with E-state index in [4.69, 9.17) is 0 Å². The normalized spacial score (nSPS) is 12.4. The van der Waals surface area contributed by atoms with Crippen molar-refractivity contribution in [3.63, 3.8) is 0 Å². The SMILES string of the molecule is Cc1csc(C(C)N(C)C(=O)c2csc3nc(-c4ccccc4)cn23)n1. The summed E-state index contributed by atoms with van der Waals surface area (Å²) in [6, 6.07) is 9.92. The second-order valence-corrected chi connectivity index (χ2v) is 7.91. The van der Waals surface area contributed by atoms with Crippen molar-refractivity contribution in [2.24, 2.45) is 0 Å². The molecule has 1 unspecified atom stereocenters. The summed E-state index contributed by atoms with van der Waals surface area (Å²) < 4.78 is 1.88. The molecule has 0 radical (unpaired) electrons. The quantitative estimate of drug-likeness (QED) is 0.516. The lowest BCUT2D eigenvalue weighted by Gasteiger charge is -2.22. The predicted octanol–water partition coefficient (Wildman–Crippen LogP) is 4.66. The van der Waals surface area contributed by atoms with E-state index in [1.165, 1.54) is 11.3 Å². The lowest BCUT2D eigenvalue weighted by atomic mass is 10.2. The number of aromatic nitrogens is 3. The molecule has 26 heavy (non-hydrogen) atoms. The summed E-state index contributed by atoms with van der Waals surface area (Å²) in [7, 11) is 1.82. The number of carbonyl (C=O) groups is 1. The molecule has 132 valence electrons. The van der Waals surface area contributed by atoms with E-state index in [9.17, 15) is 4.79 Å². The zero-order valence-corrected chi connectivity index (χ0v) is 16.3. The molecule has 1 amide bonds. The molecule has 3 aromatic heterocycles. The van der Waals surface area contributed by atoms with Crippen molar-refractivity contribution in [3.05, 3.63) is 63.7 Å². The second-order valence-electron chi connectivity index (χ2n) is 6.18. The number of hydrogen-bond acceptors (Lipinski definition) is 5. The Morgan fingerprint density at radius 3 is 2.62 bits per heavy atom. The summed E-state index contributed by atoms with van der Waals surface area (Å²) in [5.74, 6) is -0.0337. The Morgan fingerprint density at radius 2 is 1.92 bits per heavy atom. The smallest absolute Gasteiger partial charge is 0.272 e. The van der Waals surface area contributed by atoms with Gasteiger partial charge in [0.15, 0.2) is 4.96 Å². The van der Waals surface area contributed by atoms with Crippen LogP contribution in [0.4, 0.5) is 0 Å². The molecule has 0 fully saturated rings. The number of nitrogens with zero attached hydrogens (tertiary/aromatic N) is 4. The molecule has 4 aromatic rings. The molecule has 0 saturated carbocycles. The Morgan fingerprint density at radius 1 is 1.15 bits per heavy atom. The maximum absolute atomic E-state index is 13.0. The Balaban J connectivity index is 1.65. The van der Waals surface area contributed by atoms with Crippen LogP contribution < -0.4 is 0 Å². The van der Waals surface area contributed by atoms with Gasteiger partial charge in [0.1, 0.15) is 10.7 Å². The largest absolute Gasteiger partial charge is 0.331 e. The number of thiazole rings is 2. The van der Waals surface area contributed by atoms with E-state index in [1.807, 2.05) is 72.6 Å². The van der Waals surface area contributed by atoms with E-state index >= 15 is 0 Å². The second kappa shape index (κ2) is 6.66. The molecule has 0 aliphatic carbocycles. The van der Waals surface area contributed by atoms with Crippen molar-refractivity contribution >= 4 is 33.5 Å². The van der Waals surface area contributed by atoms with Crippen molar-refractivity contribution in [2.45, 2.75) is 19.9 Å². The van der Waals surface area contributed by atoms with E-state index in [-0.39, 0.29) is 11.9 Å². The molecule has 5 nitrogen and oxygen atoms in total. The van der Waals surface area contributed by atoms with Gasteiger partial charge in [0.05, 0.1) is 11.7 Å². The van der Waals surface area contributed by atoms with E-state index in [0.717, 1.165) is 26.9 Å². The third-order valence-corrected chi connectivity index (χ3v) is 6.37. The number of imidazole rings is 1. The van der Waals surface area contributed by atoms with Gasteiger partial charge in [-0.15, -0.1) is 22.7 Å². The average molecular weight is 383 g/mol. The minimum absolute atomic E-state index is 0.0337. The zero-order valence-electron chi connectivity index (χ0n) is 14.7. The van der Waals surface area contributed by atoms with Gasteiger partial charge in [-0.25, -0.2) is 9.97 Å². The number of carbonyl (C=O) groups excluding carboxylic acids is 1. The molecular weight excluding hydrogens is 364 g/mol. The number of amides is 1. The standard InChI is InChI=1S/C19H18N4OS2/c1-12-10-25-17(20-12)13(2)22(3)18(24)16-11-26-19-21-15(9-23(16)19)14-7-5-4-6-8-14/h4-11,13H,1-3H3. The Bertz CT molecular complexity index is 1060. The first-order chi connectivity index (χ1) is 12.5. The molecule has 0 N–H and O–H groups in total. The van der Waals surface area contributed by atoms with Crippen LogP contribution in [-0.2, 0) is 0 Å². The highest BCUT2D eigenvalue weighted by atomic mass is 32.1. The van der Waals surface area contributed by atoms with Gasteiger partial charge in [-0.05, 0) is 13.8 Å². The topological polar surface area (TPSA) is 50.5 Å². The number of fused-ring (bicyclic) bond motifs is 1. The van der Waals surface area contributed by atoms with Gasteiger partial charge < -0.3 is 4.90 Å². The van der Waals surface area contributed by atoms with Gasteiger partial charge in [0, 0.05) is 35.3 Å². The monoisotopic (exact) mass is 382 g/mol. The van der Waals surface area contributed by atoms with Crippen LogP contribution in [0.25, 0.3) is 16.2 Å². The van der Waals surface area contributed by atoms with Crippen LogP contribution in [0.15, 0.2) is 47.3 Å². The maximum atomic E-state index is 13.0. The fourth-order valence-electron chi connectivity index (χ4n) is 2.77. The molecule has 1 atom stereocenters. The number of rotatable bonds is 4. The van der Waals surface area contributed by atoms with Gasteiger partial charge in [0.25, 0.3) is 5.91 Å². The highest BCUT2D eigenvalue weighted by Gasteiger charge is 2.24. The molecule has 4 rings (SSSR count). The van der Waals surface area contributed by atoms with Gasteiger partial charge in [-0.3, -0.25) is 9.20 Å². The van der Waals surface area contributed by atoms with Crippen LogP contribution in [0.3, 0.4) is 0 Å². The van der Waals surface area contributed by atoms with Crippen molar-refractivity contribution < 1.29 is 4.79 Å². The van der Waals surface area contributed by atoms with Crippen LogP contribution in [0.2, 0.25) is 0 Å². The van der Waals surface area contributed by atoms with E-state index in [1.54, 1.807) is 16.2 Å². The van der Waals surface area contributed by atoms with Crippen LogP contribution in [0.5, 0.6) is 0 Å². The highest BCUT2D eigenvalue weighted by molar-refractivity contribution is 7.15. The van der Waals surface area contributed by atoms with E-state index in [2.05, 4.69) is 9.97 Å². The van der Waals surface area contributed by atoms with Gasteiger partial charge in [-0.1, -0.05) is 30.3 Å². The summed E-state index contributed by atoms with van der Waals surface area (Å²) in [5.41, 5.74) is 3.53. The summed E-state index contributed by atoms with van der Waals surface area (Å²) in [5, 5.41) is 4.82. The van der Waals surface area contributed by atoms with Crippen LogP contribution in [0.1, 0.15) is 34.2 Å². The van der Waals surface area contributed by atoms with Crippen LogP contribution in [0, 0.1) is 6.92 Å². The predicted molar refractivity (Wildman–Crippen MR) is 106 cm³/mol. The molecule has 1 aromatic carbocycles. The van der Waals surface area contributed by atoms with Crippen molar-refractivity contribution in [1.82, 2.24) is 19.3 Å². The Hall–Kier alpha value is -2.51. The summed E-state index contributed by atoms with van der Waals surface area (Å²) in [6.07, 6.45) is 1.93. The molecular formula is C19H18N4OS2. The summed E-state index contributed by atoms with van der Waals surface area (Å²) >= 11 is 3.06. The maximum Gasteiger partial charge on any atom is 0.272 e. The van der Waals surface area contributed by atoms with Crippen molar-refractivity contribution in [3.8, 4) is 11.3 Å². The van der Waals surface area contributed by atoms with Crippen LogP contribution >= 0.6 is 22.7 Å². The molecule has 0 saturated heterocycles. The fraction of sp³-hybridized carbons (Fsp3) is 0.211. The van der Waals surface area contributed by atoms with Gasteiger partial charge in [0.2, 0.25) is 0 Å². The lowest BCUT2D eigenvalue weighted by molar-refractivity contribution is 0.0735. The molecule has 0 bridgehead atoms.